The van der Waals surface area contributed by atoms with Crippen molar-refractivity contribution < 1.29 is 4.79 Å². The van der Waals surface area contributed by atoms with Crippen LogP contribution in [-0.2, 0) is 4.79 Å². The van der Waals surface area contributed by atoms with Crippen LogP contribution >= 0.6 is 0 Å². The number of rotatable bonds is 6. The summed E-state index contributed by atoms with van der Waals surface area (Å²) in [7, 11) is 2.25. The Morgan fingerprint density at radius 2 is 1.90 bits per heavy atom. The average Bonchev–Trinajstić information content (AvgIpc) is 2.36. The summed E-state index contributed by atoms with van der Waals surface area (Å²) in [5.74, 6) is 0.239. The maximum atomic E-state index is 12.0. The molecule has 2 aliphatic heterocycles. The number of nitrogens with zero attached hydrogens (tertiary/aromatic N) is 1. The van der Waals surface area contributed by atoms with Gasteiger partial charge in [-0.05, 0) is 45.7 Å². The van der Waals surface area contributed by atoms with E-state index in [4.69, 9.17) is 0 Å². The number of nitrogens with one attached hydrogen (secondary N) is 2. The van der Waals surface area contributed by atoms with E-state index >= 15 is 0 Å². The van der Waals surface area contributed by atoms with Crippen LogP contribution in [0.25, 0.3) is 0 Å². The molecule has 2 fully saturated rings. The van der Waals surface area contributed by atoms with Gasteiger partial charge in [0.1, 0.15) is 0 Å². The van der Waals surface area contributed by atoms with Gasteiger partial charge >= 0.3 is 0 Å². The molecule has 2 heterocycles. The first-order valence-electron chi connectivity index (χ1n) is 8.31. The van der Waals surface area contributed by atoms with E-state index in [1.807, 2.05) is 0 Å². The highest BCUT2D eigenvalue weighted by Crippen LogP contribution is 2.32. The molecule has 0 saturated carbocycles. The summed E-state index contributed by atoms with van der Waals surface area (Å²) in [5, 5.41) is 6.62. The minimum atomic E-state index is 0.239. The van der Waals surface area contributed by atoms with Crippen molar-refractivity contribution in [1.29, 1.82) is 0 Å². The van der Waals surface area contributed by atoms with Gasteiger partial charge in [0.25, 0.3) is 0 Å². The van der Waals surface area contributed by atoms with Crippen molar-refractivity contribution in [3.8, 4) is 0 Å². The molecule has 2 saturated heterocycles. The highest BCUT2D eigenvalue weighted by molar-refractivity contribution is 5.76. The van der Waals surface area contributed by atoms with Crippen molar-refractivity contribution in [2.45, 2.75) is 83.0 Å². The molecule has 2 unspecified atom stereocenters. The monoisotopic (exact) mass is 281 g/mol. The van der Waals surface area contributed by atoms with Crippen LogP contribution in [0.5, 0.6) is 0 Å². The Balaban J connectivity index is 1.67. The van der Waals surface area contributed by atoms with Gasteiger partial charge in [-0.1, -0.05) is 20.3 Å². The summed E-state index contributed by atoms with van der Waals surface area (Å²) in [4.78, 5) is 14.5. The number of fused-ring (bicyclic) bond motifs is 2. The minimum Gasteiger partial charge on any atom is -0.353 e. The molecule has 0 aromatic rings. The fourth-order valence-electron chi connectivity index (χ4n) is 3.67. The fraction of sp³-hybridized carbons (Fsp3) is 0.938. The predicted molar refractivity (Wildman–Crippen MR) is 82.7 cm³/mol. The van der Waals surface area contributed by atoms with Gasteiger partial charge in [-0.15, -0.1) is 0 Å². The standard InChI is InChI=1S/C16H31N3O/c1-12(2)17-9-5-8-16(20)18-13-10-14-6-4-7-15(11-13)19(14)3/h12-15,17H,4-11H2,1-3H3,(H,18,20). The van der Waals surface area contributed by atoms with Gasteiger partial charge < -0.3 is 15.5 Å². The Morgan fingerprint density at radius 1 is 1.25 bits per heavy atom. The van der Waals surface area contributed by atoms with Crippen LogP contribution in [0.2, 0.25) is 0 Å². The molecule has 116 valence electrons. The average molecular weight is 281 g/mol. The Hall–Kier alpha value is -0.610. The summed E-state index contributed by atoms with van der Waals surface area (Å²) in [6, 6.07) is 2.30. The number of amides is 1. The third-order valence-electron chi connectivity index (χ3n) is 4.84. The highest BCUT2D eigenvalue weighted by atomic mass is 16.1. The lowest BCUT2D eigenvalue weighted by Crippen LogP contribution is -2.55. The van der Waals surface area contributed by atoms with E-state index in [1.54, 1.807) is 0 Å². The molecule has 2 rings (SSSR count). The van der Waals surface area contributed by atoms with Gasteiger partial charge in [0.2, 0.25) is 5.91 Å². The first-order chi connectivity index (χ1) is 9.56. The molecule has 0 aromatic heterocycles. The first kappa shape index (κ1) is 15.8. The van der Waals surface area contributed by atoms with Gasteiger partial charge in [-0.2, -0.15) is 0 Å². The normalized spacial score (nSPS) is 30.5. The number of carbonyl (C=O) groups is 1. The van der Waals surface area contributed by atoms with E-state index in [2.05, 4.69) is 36.4 Å². The smallest absolute Gasteiger partial charge is 0.220 e. The van der Waals surface area contributed by atoms with Crippen molar-refractivity contribution in [3.63, 3.8) is 0 Å². The lowest BCUT2D eigenvalue weighted by molar-refractivity contribution is -0.122. The van der Waals surface area contributed by atoms with E-state index in [9.17, 15) is 4.79 Å². The summed E-state index contributed by atoms with van der Waals surface area (Å²) in [5.41, 5.74) is 0. The molecule has 4 nitrogen and oxygen atoms in total. The minimum absolute atomic E-state index is 0.239. The summed E-state index contributed by atoms with van der Waals surface area (Å²) in [6.45, 7) is 5.21. The number of hydrogen-bond donors (Lipinski definition) is 2. The molecule has 0 spiro atoms. The molecule has 2 aliphatic rings. The van der Waals surface area contributed by atoms with Crippen LogP contribution in [0.3, 0.4) is 0 Å². The van der Waals surface area contributed by atoms with Crippen LogP contribution in [0.15, 0.2) is 0 Å². The largest absolute Gasteiger partial charge is 0.353 e. The van der Waals surface area contributed by atoms with E-state index in [-0.39, 0.29) is 5.91 Å². The van der Waals surface area contributed by atoms with Gasteiger partial charge in [-0.25, -0.2) is 0 Å². The molecule has 4 heteroatoms. The Morgan fingerprint density at radius 3 is 2.50 bits per heavy atom. The van der Waals surface area contributed by atoms with Crippen molar-refractivity contribution >= 4 is 5.91 Å². The van der Waals surface area contributed by atoms with Crippen LogP contribution in [0.4, 0.5) is 0 Å². The Kier molecular flexibility index (Phi) is 5.85. The second-order valence-corrected chi connectivity index (χ2v) is 6.85. The SMILES string of the molecule is CC(C)NCCCC(=O)NC1CC2CCCC(C1)N2C. The van der Waals surface area contributed by atoms with Gasteiger partial charge in [0.15, 0.2) is 0 Å². The van der Waals surface area contributed by atoms with Crippen LogP contribution in [0.1, 0.15) is 58.8 Å². The summed E-state index contributed by atoms with van der Waals surface area (Å²) < 4.78 is 0. The topological polar surface area (TPSA) is 44.4 Å². The van der Waals surface area contributed by atoms with E-state index in [1.165, 1.54) is 19.3 Å². The second-order valence-electron chi connectivity index (χ2n) is 6.85. The Bertz CT molecular complexity index is 305. The molecule has 20 heavy (non-hydrogen) atoms. The zero-order chi connectivity index (χ0) is 14.5. The molecule has 0 aromatic carbocycles. The lowest BCUT2D eigenvalue weighted by atomic mass is 9.82. The van der Waals surface area contributed by atoms with Crippen molar-refractivity contribution in [1.82, 2.24) is 15.5 Å². The molecule has 0 aliphatic carbocycles. The lowest BCUT2D eigenvalue weighted by Gasteiger charge is -2.47. The zero-order valence-corrected chi connectivity index (χ0v) is 13.3. The van der Waals surface area contributed by atoms with E-state index < -0.39 is 0 Å². The number of carbonyl (C=O) groups excluding carboxylic acids is 1. The molecule has 2 atom stereocenters. The summed E-state index contributed by atoms with van der Waals surface area (Å²) >= 11 is 0. The van der Waals surface area contributed by atoms with Crippen molar-refractivity contribution in [3.05, 3.63) is 0 Å². The molecule has 2 bridgehead atoms. The third kappa shape index (κ3) is 4.45. The fourth-order valence-corrected chi connectivity index (χ4v) is 3.67. The predicted octanol–water partition coefficient (Wildman–Crippen LogP) is 1.90. The van der Waals surface area contributed by atoms with E-state index in [0.29, 0.717) is 30.6 Å². The Labute approximate surface area is 123 Å². The van der Waals surface area contributed by atoms with Gasteiger partial charge in [0, 0.05) is 30.6 Å². The molecular weight excluding hydrogens is 250 g/mol. The molecule has 0 radical (unpaired) electrons. The second kappa shape index (κ2) is 7.41. The molecule has 2 N–H and O–H groups in total. The van der Waals surface area contributed by atoms with Crippen LogP contribution in [0, 0.1) is 0 Å². The molecule has 1 amide bonds. The van der Waals surface area contributed by atoms with Crippen molar-refractivity contribution in [2.24, 2.45) is 0 Å². The third-order valence-corrected chi connectivity index (χ3v) is 4.84. The summed E-state index contributed by atoms with van der Waals surface area (Å²) in [6.07, 6.45) is 7.84. The highest BCUT2D eigenvalue weighted by Gasteiger charge is 2.36. The van der Waals surface area contributed by atoms with Crippen LogP contribution in [-0.4, -0.2) is 48.6 Å². The maximum absolute atomic E-state index is 12.0. The number of piperidine rings is 2. The van der Waals surface area contributed by atoms with E-state index in [0.717, 1.165) is 25.8 Å². The van der Waals surface area contributed by atoms with Crippen LogP contribution < -0.4 is 10.6 Å². The van der Waals surface area contributed by atoms with Crippen molar-refractivity contribution in [2.75, 3.05) is 13.6 Å². The molecular formula is C16H31N3O. The zero-order valence-electron chi connectivity index (χ0n) is 13.3. The van der Waals surface area contributed by atoms with Gasteiger partial charge in [0.05, 0.1) is 0 Å². The maximum Gasteiger partial charge on any atom is 0.220 e. The number of hydrogen-bond acceptors (Lipinski definition) is 3. The first-order valence-corrected chi connectivity index (χ1v) is 8.31. The quantitative estimate of drug-likeness (QED) is 0.731. The van der Waals surface area contributed by atoms with Gasteiger partial charge in [-0.3, -0.25) is 4.79 Å².